The number of carbonyl (C=O) groups excluding carboxylic acids is 2. The van der Waals surface area contributed by atoms with Gasteiger partial charge in [0.25, 0.3) is 5.91 Å². The summed E-state index contributed by atoms with van der Waals surface area (Å²) in [6.07, 6.45) is 0.471. The van der Waals surface area contributed by atoms with E-state index in [-0.39, 0.29) is 29.9 Å². The van der Waals surface area contributed by atoms with E-state index in [2.05, 4.69) is 5.32 Å². The molecule has 3 aromatic rings. The van der Waals surface area contributed by atoms with Gasteiger partial charge in [-0.25, -0.2) is 4.39 Å². The summed E-state index contributed by atoms with van der Waals surface area (Å²) in [5.74, 6) is -1.81. The highest BCUT2D eigenvalue weighted by atomic mass is 35.5. The molecule has 2 atom stereocenters. The summed E-state index contributed by atoms with van der Waals surface area (Å²) in [5, 5.41) is 13.1. The van der Waals surface area contributed by atoms with Crippen LogP contribution in [0.1, 0.15) is 46.9 Å². The second-order valence-corrected chi connectivity index (χ2v) is 8.22. The van der Waals surface area contributed by atoms with Crippen molar-refractivity contribution in [1.82, 2.24) is 9.88 Å². The fraction of sp³-hybridized carbons (Fsp3) is 0.360. The maximum Gasteiger partial charge on any atom is 0.313 e. The lowest BCUT2D eigenvalue weighted by Gasteiger charge is -2.19. The Morgan fingerprint density at radius 3 is 2.47 bits per heavy atom. The maximum absolute atomic E-state index is 13.8. The number of hydrogen-bond acceptors (Lipinski definition) is 5. The van der Waals surface area contributed by atoms with E-state index in [4.69, 9.17) is 21.1 Å². The molecule has 3 rings (SSSR count). The lowest BCUT2D eigenvalue weighted by Crippen LogP contribution is -2.32. The first-order chi connectivity index (χ1) is 16.3. The summed E-state index contributed by atoms with van der Waals surface area (Å²) in [5.41, 5.74) is 2.31. The molecule has 34 heavy (non-hydrogen) atoms. The monoisotopic (exact) mass is 490 g/mol. The van der Waals surface area contributed by atoms with Crippen molar-refractivity contribution in [1.29, 1.82) is 0 Å². The first-order valence-corrected chi connectivity index (χ1v) is 11.3. The number of aliphatic hydroxyl groups excluding tert-OH is 1. The van der Waals surface area contributed by atoms with Crippen LogP contribution < -0.4 is 5.32 Å². The normalized spacial score (nSPS) is 13.0. The minimum absolute atomic E-state index is 0.0499. The van der Waals surface area contributed by atoms with Crippen LogP contribution >= 0.6 is 11.6 Å². The van der Waals surface area contributed by atoms with Crippen LogP contribution in [-0.2, 0) is 21.3 Å². The molecule has 2 aromatic carbocycles. The van der Waals surface area contributed by atoms with Crippen LogP contribution in [0, 0.1) is 5.82 Å². The number of aryl methyl sites for hydroxylation is 1. The van der Waals surface area contributed by atoms with Crippen molar-refractivity contribution in [2.45, 2.75) is 25.3 Å². The fourth-order valence-electron chi connectivity index (χ4n) is 3.89. The Bertz CT molecular complexity index is 1160. The van der Waals surface area contributed by atoms with Crippen LogP contribution in [0.4, 0.5) is 4.39 Å². The lowest BCUT2D eigenvalue weighted by atomic mass is 9.94. The number of aliphatic hydroxyl groups is 1. The molecule has 0 aliphatic rings. The molecule has 1 aromatic heterocycles. The molecule has 2 N–H and O–H groups in total. The third-order valence-electron chi connectivity index (χ3n) is 5.76. The van der Waals surface area contributed by atoms with Gasteiger partial charge in [-0.15, -0.1) is 0 Å². The number of benzene rings is 2. The van der Waals surface area contributed by atoms with Crippen LogP contribution in [0.3, 0.4) is 0 Å². The maximum atomic E-state index is 13.8. The number of nitrogens with one attached hydrogen (secondary N) is 1. The number of fused-ring (bicyclic) bond motifs is 1. The van der Waals surface area contributed by atoms with E-state index in [1.54, 1.807) is 56.0 Å². The predicted molar refractivity (Wildman–Crippen MR) is 127 cm³/mol. The van der Waals surface area contributed by atoms with Gasteiger partial charge in [0.2, 0.25) is 0 Å². The van der Waals surface area contributed by atoms with Gasteiger partial charge in [0.05, 0.1) is 35.7 Å². The average molecular weight is 491 g/mol. The SMILES string of the molecule is CCOC(=O)C(CCOC)c1ccc([C@@H](CO)NC(=O)c2cc3c(Cl)c(F)ccc3n2C)cc1. The van der Waals surface area contributed by atoms with Gasteiger partial charge in [0, 0.05) is 26.2 Å². The van der Waals surface area contributed by atoms with Crippen molar-refractivity contribution in [3.8, 4) is 0 Å². The number of esters is 1. The molecule has 0 fully saturated rings. The van der Waals surface area contributed by atoms with Gasteiger partial charge >= 0.3 is 5.97 Å². The zero-order valence-corrected chi connectivity index (χ0v) is 20.1. The lowest BCUT2D eigenvalue weighted by molar-refractivity contribution is -0.145. The number of hydrogen-bond donors (Lipinski definition) is 2. The molecule has 1 unspecified atom stereocenters. The number of ether oxygens (including phenoxy) is 2. The molecule has 9 heteroatoms. The number of amides is 1. The molecule has 0 saturated carbocycles. The minimum Gasteiger partial charge on any atom is -0.466 e. The molecule has 182 valence electrons. The largest absolute Gasteiger partial charge is 0.466 e. The summed E-state index contributed by atoms with van der Waals surface area (Å²) in [6.45, 7) is 2.10. The Morgan fingerprint density at radius 2 is 1.85 bits per heavy atom. The van der Waals surface area contributed by atoms with Crippen molar-refractivity contribution in [2.24, 2.45) is 7.05 Å². The Hall–Kier alpha value is -2.94. The molecule has 1 heterocycles. The minimum atomic E-state index is -0.688. The Labute approximate surface area is 202 Å². The Balaban J connectivity index is 1.81. The molecule has 7 nitrogen and oxygen atoms in total. The van der Waals surface area contributed by atoms with Crippen molar-refractivity contribution in [3.63, 3.8) is 0 Å². The summed E-state index contributed by atoms with van der Waals surface area (Å²) in [7, 11) is 3.25. The van der Waals surface area contributed by atoms with Crippen molar-refractivity contribution >= 4 is 34.4 Å². The van der Waals surface area contributed by atoms with Crippen molar-refractivity contribution in [2.75, 3.05) is 26.9 Å². The molecule has 0 bridgehead atoms. The number of halogens is 2. The molecule has 0 spiro atoms. The number of nitrogens with zero attached hydrogens (tertiary/aromatic N) is 1. The van der Waals surface area contributed by atoms with Gasteiger partial charge in [-0.05, 0) is 42.7 Å². The van der Waals surface area contributed by atoms with Crippen LogP contribution in [0.2, 0.25) is 5.02 Å². The number of carbonyl (C=O) groups is 2. The fourth-order valence-corrected chi connectivity index (χ4v) is 4.11. The molecule has 1 amide bonds. The summed E-state index contributed by atoms with van der Waals surface area (Å²) >= 11 is 6.06. The van der Waals surface area contributed by atoms with E-state index in [0.717, 1.165) is 5.56 Å². The first-order valence-electron chi connectivity index (χ1n) is 10.9. The average Bonchev–Trinajstić information content (AvgIpc) is 3.17. The van der Waals surface area contributed by atoms with Crippen LogP contribution in [0.25, 0.3) is 10.9 Å². The molecule has 0 aliphatic carbocycles. The van der Waals surface area contributed by atoms with Gasteiger partial charge in [-0.2, -0.15) is 0 Å². The topological polar surface area (TPSA) is 89.8 Å². The highest BCUT2D eigenvalue weighted by molar-refractivity contribution is 6.35. The number of rotatable bonds is 10. The Kier molecular flexibility index (Phi) is 8.66. The van der Waals surface area contributed by atoms with E-state index >= 15 is 0 Å². The summed E-state index contributed by atoms with van der Waals surface area (Å²) in [6, 6.07) is 10.7. The second-order valence-electron chi connectivity index (χ2n) is 7.84. The van der Waals surface area contributed by atoms with E-state index in [9.17, 15) is 19.1 Å². The van der Waals surface area contributed by atoms with Gasteiger partial charge in [0.1, 0.15) is 11.5 Å². The molecule has 0 saturated heterocycles. The van der Waals surface area contributed by atoms with Crippen molar-refractivity contribution in [3.05, 3.63) is 70.1 Å². The molecular weight excluding hydrogens is 463 g/mol. The first kappa shape index (κ1) is 25.7. The third kappa shape index (κ3) is 5.41. The zero-order valence-electron chi connectivity index (χ0n) is 19.3. The van der Waals surface area contributed by atoms with E-state index in [1.165, 1.54) is 12.1 Å². The Morgan fingerprint density at radius 1 is 1.18 bits per heavy atom. The van der Waals surface area contributed by atoms with Crippen LogP contribution in [-0.4, -0.2) is 48.5 Å². The van der Waals surface area contributed by atoms with E-state index < -0.39 is 23.7 Å². The number of methoxy groups -OCH3 is 1. The summed E-state index contributed by atoms with van der Waals surface area (Å²) in [4.78, 5) is 25.3. The van der Waals surface area contributed by atoms with Gasteiger partial charge in [-0.1, -0.05) is 35.9 Å². The standard InChI is InChI=1S/C25H28ClFN2O5/c1-4-34-25(32)17(11-12-33-3)15-5-7-16(8-6-15)20(14-30)28-24(31)22-13-18-21(29(22)2)10-9-19(27)23(18)26/h5-10,13,17,20,30H,4,11-12,14H2,1-3H3,(H,28,31)/t17?,20-/m1/s1. The van der Waals surface area contributed by atoms with Gasteiger partial charge < -0.3 is 24.5 Å². The quantitative estimate of drug-likeness (QED) is 0.417. The molecule has 0 aliphatic heterocycles. The van der Waals surface area contributed by atoms with Gasteiger partial charge in [-0.3, -0.25) is 9.59 Å². The van der Waals surface area contributed by atoms with Crippen LogP contribution in [0.5, 0.6) is 0 Å². The van der Waals surface area contributed by atoms with Crippen molar-refractivity contribution < 1.29 is 28.6 Å². The highest BCUT2D eigenvalue weighted by Gasteiger charge is 2.23. The van der Waals surface area contributed by atoms with E-state index in [1.807, 2.05) is 0 Å². The molecular formula is C25H28ClFN2O5. The molecule has 0 radical (unpaired) electrons. The second kappa shape index (κ2) is 11.5. The third-order valence-corrected chi connectivity index (χ3v) is 6.14. The zero-order chi connectivity index (χ0) is 24.8. The number of aromatic nitrogens is 1. The van der Waals surface area contributed by atoms with Gasteiger partial charge in [0.15, 0.2) is 0 Å². The van der Waals surface area contributed by atoms with Crippen LogP contribution in [0.15, 0.2) is 42.5 Å². The highest BCUT2D eigenvalue weighted by Crippen LogP contribution is 2.29. The smallest absolute Gasteiger partial charge is 0.313 e. The van der Waals surface area contributed by atoms with E-state index in [0.29, 0.717) is 29.5 Å². The predicted octanol–water partition coefficient (Wildman–Crippen LogP) is 4.12. The summed E-state index contributed by atoms with van der Waals surface area (Å²) < 4.78 is 25.7.